The van der Waals surface area contributed by atoms with Gasteiger partial charge in [0.15, 0.2) is 0 Å². The van der Waals surface area contributed by atoms with Crippen LogP contribution in [0.1, 0.15) is 43.7 Å². The van der Waals surface area contributed by atoms with Gasteiger partial charge in [0.05, 0.1) is 12.2 Å². The van der Waals surface area contributed by atoms with Crippen molar-refractivity contribution in [2.45, 2.75) is 39.5 Å². The van der Waals surface area contributed by atoms with E-state index in [4.69, 9.17) is 5.73 Å². The summed E-state index contributed by atoms with van der Waals surface area (Å²) in [6, 6.07) is 5.92. The molecule has 3 heteroatoms. The lowest BCUT2D eigenvalue weighted by atomic mass is 9.82. The third-order valence-electron chi connectivity index (χ3n) is 4.14. The normalized spacial score (nSPS) is 21.3. The lowest BCUT2D eigenvalue weighted by molar-refractivity contribution is -0.121. The Morgan fingerprint density at radius 2 is 2.05 bits per heavy atom. The van der Waals surface area contributed by atoms with Crippen molar-refractivity contribution < 1.29 is 4.79 Å². The van der Waals surface area contributed by atoms with Crippen molar-refractivity contribution in [1.82, 2.24) is 0 Å². The second-order valence-electron chi connectivity index (χ2n) is 6.00. The number of hydrogen-bond acceptors (Lipinski definition) is 2. The highest BCUT2D eigenvalue weighted by Crippen LogP contribution is 2.29. The number of benzene rings is 1. The van der Waals surface area contributed by atoms with E-state index in [0.717, 1.165) is 48.4 Å². The minimum Gasteiger partial charge on any atom is -0.325 e. The van der Waals surface area contributed by atoms with Gasteiger partial charge in [0, 0.05) is 11.5 Å². The van der Waals surface area contributed by atoms with Gasteiger partial charge in [-0.05, 0) is 56.2 Å². The van der Waals surface area contributed by atoms with E-state index < -0.39 is 0 Å². The first-order chi connectivity index (χ1) is 10.1. The molecule has 1 aliphatic carbocycles. The molecule has 3 nitrogen and oxygen atoms in total. The molecule has 1 aliphatic rings. The third kappa shape index (κ3) is 4.34. The molecule has 0 saturated heterocycles. The maximum absolute atomic E-state index is 12.4. The zero-order valence-corrected chi connectivity index (χ0v) is 12.9. The Balaban J connectivity index is 2.11. The minimum atomic E-state index is 0.128. The molecular weight excluding hydrogens is 260 g/mol. The van der Waals surface area contributed by atoms with E-state index in [1.165, 1.54) is 0 Å². The molecule has 0 aliphatic heterocycles. The Morgan fingerprint density at radius 1 is 1.33 bits per heavy atom. The van der Waals surface area contributed by atoms with Crippen LogP contribution in [0.15, 0.2) is 18.2 Å². The van der Waals surface area contributed by atoms with E-state index in [9.17, 15) is 4.79 Å². The molecule has 0 aromatic heterocycles. The number of nitrogens with two attached hydrogens (primary N) is 1. The Labute approximate surface area is 127 Å². The molecular formula is C18H24N2O. The Kier molecular flexibility index (Phi) is 5.41. The molecule has 1 amide bonds. The van der Waals surface area contributed by atoms with E-state index in [1.807, 2.05) is 25.1 Å². The van der Waals surface area contributed by atoms with Gasteiger partial charge in [0.25, 0.3) is 0 Å². The predicted molar refractivity (Wildman–Crippen MR) is 86.9 cm³/mol. The highest BCUT2D eigenvalue weighted by Gasteiger charge is 2.24. The summed E-state index contributed by atoms with van der Waals surface area (Å²) in [7, 11) is 0. The lowest BCUT2D eigenvalue weighted by Gasteiger charge is -2.25. The molecule has 0 heterocycles. The summed E-state index contributed by atoms with van der Waals surface area (Å²) >= 11 is 0. The molecule has 112 valence electrons. The fourth-order valence-electron chi connectivity index (χ4n) is 2.77. The quantitative estimate of drug-likeness (QED) is 0.820. The molecule has 0 radical (unpaired) electrons. The number of carbonyl (C=O) groups excluding carboxylic acids is 1. The zero-order chi connectivity index (χ0) is 15.2. The third-order valence-corrected chi connectivity index (χ3v) is 4.14. The van der Waals surface area contributed by atoms with Crippen molar-refractivity contribution in [2.75, 3.05) is 11.9 Å². The predicted octanol–water partition coefficient (Wildman–Crippen LogP) is 3.07. The maximum atomic E-state index is 12.4. The number of aryl methyl sites for hydroxylation is 1. The standard InChI is InChI=1S/C18H24N2O/c1-13-5-9-16(10-6-13)18(21)20-17-12-14(2)7-8-15(17)4-3-11-19/h7-8,12-13,16H,5-6,9-11,19H2,1-2H3,(H,20,21). The largest absolute Gasteiger partial charge is 0.325 e. The molecule has 0 atom stereocenters. The smallest absolute Gasteiger partial charge is 0.227 e. The van der Waals surface area contributed by atoms with Gasteiger partial charge in [0.1, 0.15) is 0 Å². The van der Waals surface area contributed by atoms with Crippen LogP contribution in [-0.2, 0) is 4.79 Å². The number of anilines is 1. The lowest BCUT2D eigenvalue weighted by Crippen LogP contribution is -2.26. The second-order valence-corrected chi connectivity index (χ2v) is 6.00. The molecule has 0 bridgehead atoms. The van der Waals surface area contributed by atoms with E-state index in [-0.39, 0.29) is 11.8 Å². The van der Waals surface area contributed by atoms with Gasteiger partial charge in [0.2, 0.25) is 5.91 Å². The summed E-state index contributed by atoms with van der Waals surface area (Å²) in [4.78, 5) is 12.4. The molecule has 1 aromatic carbocycles. The molecule has 1 saturated carbocycles. The van der Waals surface area contributed by atoms with Crippen molar-refractivity contribution in [3.05, 3.63) is 29.3 Å². The van der Waals surface area contributed by atoms with E-state index >= 15 is 0 Å². The van der Waals surface area contributed by atoms with Gasteiger partial charge in [-0.15, -0.1) is 0 Å². The summed E-state index contributed by atoms with van der Waals surface area (Å²) in [6.45, 7) is 4.59. The van der Waals surface area contributed by atoms with E-state index in [2.05, 4.69) is 24.1 Å². The molecule has 21 heavy (non-hydrogen) atoms. The SMILES string of the molecule is Cc1ccc(C#CCN)c(NC(=O)C2CCC(C)CC2)c1. The Bertz CT molecular complexity index is 560. The number of hydrogen-bond donors (Lipinski definition) is 2. The first-order valence-corrected chi connectivity index (χ1v) is 7.70. The Hall–Kier alpha value is -1.79. The van der Waals surface area contributed by atoms with Crippen LogP contribution in [0, 0.1) is 30.6 Å². The van der Waals surface area contributed by atoms with Gasteiger partial charge in [-0.1, -0.05) is 24.8 Å². The van der Waals surface area contributed by atoms with Crippen LogP contribution in [0.5, 0.6) is 0 Å². The average molecular weight is 284 g/mol. The first kappa shape index (κ1) is 15.6. The summed E-state index contributed by atoms with van der Waals surface area (Å²) in [5.74, 6) is 6.89. The van der Waals surface area contributed by atoms with Crippen molar-refractivity contribution in [1.29, 1.82) is 0 Å². The van der Waals surface area contributed by atoms with Crippen molar-refractivity contribution in [3.8, 4) is 11.8 Å². The van der Waals surface area contributed by atoms with Crippen LogP contribution in [0.25, 0.3) is 0 Å². The molecule has 2 rings (SSSR count). The molecule has 1 aromatic rings. The topological polar surface area (TPSA) is 55.1 Å². The minimum absolute atomic E-state index is 0.128. The van der Waals surface area contributed by atoms with Crippen LogP contribution >= 0.6 is 0 Å². The zero-order valence-electron chi connectivity index (χ0n) is 12.9. The monoisotopic (exact) mass is 284 g/mol. The van der Waals surface area contributed by atoms with Gasteiger partial charge in [-0.2, -0.15) is 0 Å². The van der Waals surface area contributed by atoms with Gasteiger partial charge >= 0.3 is 0 Å². The van der Waals surface area contributed by atoms with Crippen LogP contribution in [0.4, 0.5) is 5.69 Å². The van der Waals surface area contributed by atoms with E-state index in [0.29, 0.717) is 6.54 Å². The summed E-state index contributed by atoms with van der Waals surface area (Å²) in [5, 5.41) is 3.06. The molecule has 0 unspecified atom stereocenters. The second kappa shape index (κ2) is 7.28. The molecule has 1 fully saturated rings. The van der Waals surface area contributed by atoms with Crippen molar-refractivity contribution in [2.24, 2.45) is 17.6 Å². The fraction of sp³-hybridized carbons (Fsp3) is 0.500. The molecule has 3 N–H and O–H groups in total. The van der Waals surface area contributed by atoms with Crippen LogP contribution in [0.2, 0.25) is 0 Å². The summed E-state index contributed by atoms with van der Waals surface area (Å²) in [5.41, 5.74) is 8.18. The first-order valence-electron chi connectivity index (χ1n) is 7.70. The summed E-state index contributed by atoms with van der Waals surface area (Å²) in [6.07, 6.45) is 4.27. The van der Waals surface area contributed by atoms with Crippen molar-refractivity contribution in [3.63, 3.8) is 0 Å². The summed E-state index contributed by atoms with van der Waals surface area (Å²) < 4.78 is 0. The van der Waals surface area contributed by atoms with Gasteiger partial charge in [-0.3, -0.25) is 4.79 Å². The van der Waals surface area contributed by atoms with Crippen LogP contribution < -0.4 is 11.1 Å². The number of amides is 1. The average Bonchev–Trinajstić information content (AvgIpc) is 2.47. The number of rotatable bonds is 2. The highest BCUT2D eigenvalue weighted by molar-refractivity contribution is 5.94. The van der Waals surface area contributed by atoms with Crippen molar-refractivity contribution >= 4 is 11.6 Å². The van der Waals surface area contributed by atoms with Crippen LogP contribution in [-0.4, -0.2) is 12.5 Å². The van der Waals surface area contributed by atoms with E-state index in [1.54, 1.807) is 0 Å². The van der Waals surface area contributed by atoms with Gasteiger partial charge < -0.3 is 11.1 Å². The van der Waals surface area contributed by atoms with Crippen LogP contribution in [0.3, 0.4) is 0 Å². The fourth-order valence-corrected chi connectivity index (χ4v) is 2.77. The Morgan fingerprint density at radius 3 is 2.71 bits per heavy atom. The van der Waals surface area contributed by atoms with Gasteiger partial charge in [-0.25, -0.2) is 0 Å². The maximum Gasteiger partial charge on any atom is 0.227 e. The number of carbonyl (C=O) groups is 1. The highest BCUT2D eigenvalue weighted by atomic mass is 16.1. The number of nitrogens with one attached hydrogen (secondary N) is 1. The molecule has 0 spiro atoms.